The Morgan fingerprint density at radius 2 is 1.54 bits per heavy atom. The van der Waals surface area contributed by atoms with Gasteiger partial charge in [-0.15, -0.1) is 0 Å². The summed E-state index contributed by atoms with van der Waals surface area (Å²) in [5, 5.41) is 3.46. The van der Waals surface area contributed by atoms with E-state index >= 15 is 0 Å². The van der Waals surface area contributed by atoms with Gasteiger partial charge in [-0.25, -0.2) is 4.98 Å². The minimum atomic E-state index is 0.787. The predicted octanol–water partition coefficient (Wildman–Crippen LogP) is 5.14. The molecular weight excluding hydrogens is 294 g/mol. The highest BCUT2D eigenvalue weighted by atomic mass is 15.2. The van der Waals surface area contributed by atoms with Gasteiger partial charge in [-0.3, -0.25) is 0 Å². The maximum atomic E-state index is 4.78. The van der Waals surface area contributed by atoms with E-state index < -0.39 is 0 Å². The third-order valence-corrected chi connectivity index (χ3v) is 4.15. The molecular formula is C21H19N3. The fraction of sp³-hybridized carbons (Fsp3) is 0.0952. The average molecular weight is 313 g/mol. The molecule has 0 aliphatic rings. The SMILES string of the molecule is Cc1ccc(Nc2nc3ccccc3n2Cc2ccccc2)cc1. The molecule has 1 N–H and O–H groups in total. The Kier molecular flexibility index (Phi) is 3.75. The van der Waals surface area contributed by atoms with Crippen molar-refractivity contribution in [1.29, 1.82) is 0 Å². The van der Waals surface area contributed by atoms with Crippen molar-refractivity contribution >= 4 is 22.7 Å². The molecule has 1 heterocycles. The van der Waals surface area contributed by atoms with Crippen molar-refractivity contribution < 1.29 is 0 Å². The molecule has 0 fully saturated rings. The van der Waals surface area contributed by atoms with Crippen molar-refractivity contribution in [2.45, 2.75) is 13.5 Å². The van der Waals surface area contributed by atoms with Gasteiger partial charge < -0.3 is 9.88 Å². The van der Waals surface area contributed by atoms with Crippen LogP contribution in [0.15, 0.2) is 78.9 Å². The van der Waals surface area contributed by atoms with Gasteiger partial charge in [0.05, 0.1) is 17.6 Å². The Balaban J connectivity index is 1.76. The van der Waals surface area contributed by atoms with Crippen molar-refractivity contribution in [1.82, 2.24) is 9.55 Å². The highest BCUT2D eigenvalue weighted by molar-refractivity contribution is 5.79. The van der Waals surface area contributed by atoms with Crippen LogP contribution in [-0.2, 0) is 6.54 Å². The van der Waals surface area contributed by atoms with E-state index in [9.17, 15) is 0 Å². The monoisotopic (exact) mass is 313 g/mol. The van der Waals surface area contributed by atoms with Crippen molar-refractivity contribution in [2.75, 3.05) is 5.32 Å². The highest BCUT2D eigenvalue weighted by Gasteiger charge is 2.11. The maximum Gasteiger partial charge on any atom is 0.208 e. The largest absolute Gasteiger partial charge is 0.326 e. The molecule has 0 aliphatic heterocycles. The zero-order chi connectivity index (χ0) is 16.4. The van der Waals surface area contributed by atoms with Crippen LogP contribution in [0.4, 0.5) is 11.6 Å². The molecule has 0 atom stereocenters. The molecule has 0 saturated carbocycles. The molecule has 0 bridgehead atoms. The topological polar surface area (TPSA) is 29.9 Å². The number of para-hydroxylation sites is 2. The van der Waals surface area contributed by atoms with Crippen LogP contribution in [0.3, 0.4) is 0 Å². The zero-order valence-electron chi connectivity index (χ0n) is 13.6. The number of benzene rings is 3. The van der Waals surface area contributed by atoms with Gasteiger partial charge in [0.25, 0.3) is 0 Å². The first-order chi connectivity index (χ1) is 11.8. The second-order valence-electron chi connectivity index (χ2n) is 5.99. The predicted molar refractivity (Wildman–Crippen MR) is 99.7 cm³/mol. The molecule has 3 aromatic carbocycles. The lowest BCUT2D eigenvalue weighted by Gasteiger charge is -2.11. The third kappa shape index (κ3) is 2.88. The van der Waals surface area contributed by atoms with Gasteiger partial charge in [0.2, 0.25) is 5.95 Å². The molecule has 0 aliphatic carbocycles. The van der Waals surface area contributed by atoms with Crippen molar-refractivity contribution in [3.8, 4) is 0 Å². The normalized spacial score (nSPS) is 10.9. The number of aromatic nitrogens is 2. The number of hydrogen-bond acceptors (Lipinski definition) is 2. The van der Waals surface area contributed by atoms with Crippen LogP contribution in [0.5, 0.6) is 0 Å². The molecule has 1 aromatic heterocycles. The quantitative estimate of drug-likeness (QED) is 0.565. The Bertz CT molecular complexity index is 953. The lowest BCUT2D eigenvalue weighted by Crippen LogP contribution is -2.05. The van der Waals surface area contributed by atoms with E-state index in [0.29, 0.717) is 0 Å². The lowest BCUT2D eigenvalue weighted by molar-refractivity contribution is 0.835. The smallest absolute Gasteiger partial charge is 0.208 e. The van der Waals surface area contributed by atoms with Crippen LogP contribution in [0.25, 0.3) is 11.0 Å². The first-order valence-electron chi connectivity index (χ1n) is 8.12. The van der Waals surface area contributed by atoms with E-state index in [1.165, 1.54) is 11.1 Å². The standard InChI is InChI=1S/C21H19N3/c1-16-11-13-18(14-12-16)22-21-23-19-9-5-6-10-20(19)24(21)15-17-7-3-2-4-8-17/h2-14H,15H2,1H3,(H,22,23). The molecule has 0 amide bonds. The van der Waals surface area contributed by atoms with Gasteiger partial charge in [-0.05, 0) is 36.8 Å². The van der Waals surface area contributed by atoms with Gasteiger partial charge >= 0.3 is 0 Å². The van der Waals surface area contributed by atoms with Crippen LogP contribution in [0, 0.1) is 6.92 Å². The number of rotatable bonds is 4. The van der Waals surface area contributed by atoms with Crippen LogP contribution in [0.1, 0.15) is 11.1 Å². The summed E-state index contributed by atoms with van der Waals surface area (Å²) in [6.07, 6.45) is 0. The van der Waals surface area contributed by atoms with E-state index in [1.54, 1.807) is 0 Å². The van der Waals surface area contributed by atoms with Crippen molar-refractivity contribution in [2.24, 2.45) is 0 Å². The molecule has 118 valence electrons. The number of nitrogens with one attached hydrogen (secondary N) is 1. The van der Waals surface area contributed by atoms with Gasteiger partial charge in [0.1, 0.15) is 0 Å². The van der Waals surface area contributed by atoms with Gasteiger partial charge in [0, 0.05) is 5.69 Å². The number of imidazole rings is 1. The minimum Gasteiger partial charge on any atom is -0.326 e. The van der Waals surface area contributed by atoms with Crippen molar-refractivity contribution in [3.63, 3.8) is 0 Å². The number of fused-ring (bicyclic) bond motifs is 1. The number of nitrogens with zero attached hydrogens (tertiary/aromatic N) is 2. The second kappa shape index (κ2) is 6.20. The molecule has 3 nitrogen and oxygen atoms in total. The summed E-state index contributed by atoms with van der Waals surface area (Å²) >= 11 is 0. The summed E-state index contributed by atoms with van der Waals surface area (Å²) in [5.74, 6) is 0.865. The zero-order valence-corrected chi connectivity index (χ0v) is 13.6. The number of hydrogen-bond donors (Lipinski definition) is 1. The minimum absolute atomic E-state index is 0.787. The molecule has 4 rings (SSSR count). The maximum absolute atomic E-state index is 4.78. The summed E-state index contributed by atoms with van der Waals surface area (Å²) < 4.78 is 2.23. The second-order valence-corrected chi connectivity index (χ2v) is 5.99. The Hall–Kier alpha value is -3.07. The average Bonchev–Trinajstić information content (AvgIpc) is 2.95. The summed E-state index contributed by atoms with van der Waals surface area (Å²) in [6, 6.07) is 27.1. The molecule has 4 aromatic rings. The first-order valence-corrected chi connectivity index (χ1v) is 8.12. The Labute approximate surface area is 141 Å². The van der Waals surface area contributed by atoms with E-state index in [-0.39, 0.29) is 0 Å². The van der Waals surface area contributed by atoms with E-state index in [0.717, 1.165) is 29.2 Å². The first kappa shape index (κ1) is 14.5. The van der Waals surface area contributed by atoms with E-state index in [4.69, 9.17) is 4.98 Å². The van der Waals surface area contributed by atoms with Gasteiger partial charge in [-0.2, -0.15) is 0 Å². The highest BCUT2D eigenvalue weighted by Crippen LogP contribution is 2.24. The van der Waals surface area contributed by atoms with E-state index in [1.807, 2.05) is 12.1 Å². The van der Waals surface area contributed by atoms with Crippen molar-refractivity contribution in [3.05, 3.63) is 90.0 Å². The van der Waals surface area contributed by atoms with Crippen LogP contribution >= 0.6 is 0 Å². The Morgan fingerprint density at radius 1 is 0.833 bits per heavy atom. The van der Waals surface area contributed by atoms with Crippen LogP contribution in [-0.4, -0.2) is 9.55 Å². The molecule has 0 spiro atoms. The summed E-state index contributed by atoms with van der Waals surface area (Å²) in [6.45, 7) is 2.88. The summed E-state index contributed by atoms with van der Waals surface area (Å²) in [7, 11) is 0. The Morgan fingerprint density at radius 3 is 2.33 bits per heavy atom. The number of anilines is 2. The third-order valence-electron chi connectivity index (χ3n) is 4.15. The fourth-order valence-electron chi connectivity index (χ4n) is 2.86. The van der Waals surface area contributed by atoms with Gasteiger partial charge in [-0.1, -0.05) is 60.2 Å². The van der Waals surface area contributed by atoms with Gasteiger partial charge in [0.15, 0.2) is 0 Å². The van der Waals surface area contributed by atoms with Crippen LogP contribution in [0.2, 0.25) is 0 Å². The molecule has 24 heavy (non-hydrogen) atoms. The molecule has 0 radical (unpaired) electrons. The summed E-state index contributed by atoms with van der Waals surface area (Å²) in [4.78, 5) is 4.78. The number of aryl methyl sites for hydroxylation is 1. The van der Waals surface area contributed by atoms with Crippen LogP contribution < -0.4 is 5.32 Å². The fourth-order valence-corrected chi connectivity index (χ4v) is 2.86. The molecule has 0 unspecified atom stereocenters. The summed E-state index contributed by atoms with van der Waals surface area (Å²) in [5.41, 5.74) is 5.69. The molecule has 0 saturated heterocycles. The van der Waals surface area contributed by atoms with E-state index in [2.05, 4.69) is 83.5 Å². The lowest BCUT2D eigenvalue weighted by atomic mass is 10.2. The molecule has 3 heteroatoms.